The molecular weight excluding hydrogens is 276 g/mol. The lowest BCUT2D eigenvalue weighted by atomic mass is 10.1. The minimum absolute atomic E-state index is 0.457. The third kappa shape index (κ3) is 1.75. The number of benzene rings is 1. The number of nitrogens with zero attached hydrogens (tertiary/aromatic N) is 2. The Morgan fingerprint density at radius 1 is 1.24 bits per heavy atom. The largest absolute Gasteiger partial charge is 0.322 e. The number of halogens is 1. The van der Waals surface area contributed by atoms with Gasteiger partial charge in [0.1, 0.15) is 5.82 Å². The first-order chi connectivity index (χ1) is 8.27. The molecule has 1 atom stereocenters. The normalized spacial score (nSPS) is 18.2. The zero-order chi connectivity index (χ0) is 11.8. The zero-order valence-corrected chi connectivity index (χ0v) is 11.2. The molecule has 0 bridgehead atoms. The molecule has 0 radical (unpaired) electrons. The summed E-state index contributed by atoms with van der Waals surface area (Å²) in [6, 6.07) is 13.0. The van der Waals surface area contributed by atoms with E-state index < -0.39 is 0 Å². The zero-order valence-electron chi connectivity index (χ0n) is 9.60. The summed E-state index contributed by atoms with van der Waals surface area (Å²) in [6.45, 7) is 2.24. The summed E-state index contributed by atoms with van der Waals surface area (Å²) in [6.07, 6.45) is 2.92. The number of pyridine rings is 1. The minimum atomic E-state index is 0.457. The molecule has 1 aromatic carbocycles. The minimum Gasteiger partial charge on any atom is -0.322 e. The van der Waals surface area contributed by atoms with E-state index in [9.17, 15) is 0 Å². The second-order valence-corrected chi connectivity index (χ2v) is 5.22. The number of rotatable bonds is 1. The van der Waals surface area contributed by atoms with Crippen LogP contribution in [0.15, 0.2) is 47.1 Å². The molecule has 1 aromatic heterocycles. The van der Waals surface area contributed by atoms with Gasteiger partial charge in [-0.1, -0.05) is 18.2 Å². The van der Waals surface area contributed by atoms with E-state index in [1.54, 1.807) is 0 Å². The van der Waals surface area contributed by atoms with Crippen molar-refractivity contribution in [3.05, 3.63) is 52.6 Å². The van der Waals surface area contributed by atoms with Crippen molar-refractivity contribution in [3.63, 3.8) is 0 Å². The smallest absolute Gasteiger partial charge is 0.147 e. The number of hydrogen-bond donors (Lipinski definition) is 0. The first kappa shape index (κ1) is 10.8. The van der Waals surface area contributed by atoms with Crippen LogP contribution in [0.1, 0.15) is 12.5 Å². The van der Waals surface area contributed by atoms with Crippen molar-refractivity contribution in [2.24, 2.45) is 0 Å². The average Bonchev–Trinajstić information content (AvgIpc) is 2.66. The molecule has 1 aliphatic rings. The third-order valence-electron chi connectivity index (χ3n) is 3.17. The number of hydrogen-bond acceptors (Lipinski definition) is 2. The first-order valence-corrected chi connectivity index (χ1v) is 6.54. The van der Waals surface area contributed by atoms with Gasteiger partial charge in [-0.2, -0.15) is 0 Å². The summed E-state index contributed by atoms with van der Waals surface area (Å²) >= 11 is 3.58. The highest BCUT2D eigenvalue weighted by molar-refractivity contribution is 9.10. The van der Waals surface area contributed by atoms with E-state index in [4.69, 9.17) is 0 Å². The monoisotopic (exact) mass is 288 g/mol. The number of aromatic nitrogens is 1. The first-order valence-electron chi connectivity index (χ1n) is 5.75. The molecule has 0 aliphatic carbocycles. The fourth-order valence-electron chi connectivity index (χ4n) is 2.44. The molecule has 0 fully saturated rings. The van der Waals surface area contributed by atoms with Crippen molar-refractivity contribution >= 4 is 27.4 Å². The highest BCUT2D eigenvalue weighted by Crippen LogP contribution is 2.39. The van der Waals surface area contributed by atoms with Crippen molar-refractivity contribution in [1.29, 1.82) is 0 Å². The second kappa shape index (κ2) is 4.15. The molecule has 17 heavy (non-hydrogen) atoms. The fourth-order valence-corrected chi connectivity index (χ4v) is 2.89. The van der Waals surface area contributed by atoms with Crippen LogP contribution in [0.4, 0.5) is 11.5 Å². The van der Waals surface area contributed by atoms with Gasteiger partial charge in [0.15, 0.2) is 0 Å². The van der Waals surface area contributed by atoms with Crippen LogP contribution in [0.5, 0.6) is 0 Å². The maximum absolute atomic E-state index is 4.49. The molecule has 0 saturated carbocycles. The lowest BCUT2D eigenvalue weighted by Crippen LogP contribution is -2.25. The van der Waals surface area contributed by atoms with Gasteiger partial charge in [-0.05, 0) is 53.0 Å². The second-order valence-electron chi connectivity index (χ2n) is 4.36. The van der Waals surface area contributed by atoms with Gasteiger partial charge in [0.25, 0.3) is 0 Å². The van der Waals surface area contributed by atoms with Crippen LogP contribution in [0.2, 0.25) is 0 Å². The molecule has 1 aliphatic heterocycles. The Morgan fingerprint density at radius 3 is 2.88 bits per heavy atom. The molecule has 3 heteroatoms. The molecule has 0 spiro atoms. The molecule has 2 aromatic rings. The van der Waals surface area contributed by atoms with Crippen LogP contribution < -0.4 is 4.90 Å². The lowest BCUT2D eigenvalue weighted by Gasteiger charge is -2.24. The van der Waals surface area contributed by atoms with Crippen LogP contribution in [0, 0.1) is 0 Å². The van der Waals surface area contributed by atoms with Crippen molar-refractivity contribution in [1.82, 2.24) is 4.98 Å². The number of fused-ring (bicyclic) bond motifs is 1. The SMILES string of the molecule is CC1Cc2ccccc2N1c1ncccc1Br. The maximum Gasteiger partial charge on any atom is 0.147 e. The van der Waals surface area contributed by atoms with Gasteiger partial charge < -0.3 is 4.90 Å². The molecule has 86 valence electrons. The number of anilines is 2. The summed E-state index contributed by atoms with van der Waals surface area (Å²) < 4.78 is 1.04. The van der Waals surface area contributed by atoms with Gasteiger partial charge >= 0.3 is 0 Å². The summed E-state index contributed by atoms with van der Waals surface area (Å²) in [5, 5.41) is 0. The Labute approximate surface area is 109 Å². The van der Waals surface area contributed by atoms with Gasteiger partial charge in [-0.15, -0.1) is 0 Å². The molecule has 2 nitrogen and oxygen atoms in total. The van der Waals surface area contributed by atoms with Crippen LogP contribution in [-0.2, 0) is 6.42 Å². The quantitative estimate of drug-likeness (QED) is 0.791. The van der Waals surface area contributed by atoms with E-state index >= 15 is 0 Å². The van der Waals surface area contributed by atoms with Crippen LogP contribution >= 0.6 is 15.9 Å². The summed E-state index contributed by atoms with van der Waals surface area (Å²) in [7, 11) is 0. The molecule has 0 saturated heterocycles. The Kier molecular flexibility index (Phi) is 2.63. The van der Waals surface area contributed by atoms with Crippen molar-refractivity contribution in [2.75, 3.05) is 4.90 Å². The highest BCUT2D eigenvalue weighted by Gasteiger charge is 2.28. The Morgan fingerprint density at radius 2 is 2.06 bits per heavy atom. The highest BCUT2D eigenvalue weighted by atomic mass is 79.9. The average molecular weight is 289 g/mol. The van der Waals surface area contributed by atoms with Gasteiger partial charge in [0, 0.05) is 17.9 Å². The standard InChI is InChI=1S/C14H13BrN2/c1-10-9-11-5-2-3-7-13(11)17(10)14-12(15)6-4-8-16-14/h2-8,10H,9H2,1H3. The van der Waals surface area contributed by atoms with Gasteiger partial charge in [0.05, 0.1) is 4.47 Å². The van der Waals surface area contributed by atoms with E-state index in [-0.39, 0.29) is 0 Å². The van der Waals surface area contributed by atoms with Gasteiger partial charge in [0.2, 0.25) is 0 Å². The van der Waals surface area contributed by atoms with Gasteiger partial charge in [-0.25, -0.2) is 4.98 Å². The summed E-state index contributed by atoms with van der Waals surface area (Å²) in [5.74, 6) is 1.00. The van der Waals surface area contributed by atoms with Crippen molar-refractivity contribution in [2.45, 2.75) is 19.4 Å². The van der Waals surface area contributed by atoms with Crippen LogP contribution in [0.25, 0.3) is 0 Å². The van der Waals surface area contributed by atoms with E-state index in [1.165, 1.54) is 11.3 Å². The predicted molar refractivity (Wildman–Crippen MR) is 73.7 cm³/mol. The molecule has 1 unspecified atom stereocenters. The van der Waals surface area contributed by atoms with E-state index in [0.29, 0.717) is 6.04 Å². The molecule has 0 amide bonds. The van der Waals surface area contributed by atoms with Crippen molar-refractivity contribution < 1.29 is 0 Å². The third-order valence-corrected chi connectivity index (χ3v) is 3.79. The predicted octanol–water partition coefficient (Wildman–Crippen LogP) is 3.93. The number of para-hydroxylation sites is 1. The van der Waals surface area contributed by atoms with Crippen LogP contribution in [0.3, 0.4) is 0 Å². The molecule has 2 heterocycles. The summed E-state index contributed by atoms with van der Waals surface area (Å²) in [5.41, 5.74) is 2.68. The topological polar surface area (TPSA) is 16.1 Å². The van der Waals surface area contributed by atoms with E-state index in [0.717, 1.165) is 16.7 Å². The van der Waals surface area contributed by atoms with Crippen molar-refractivity contribution in [3.8, 4) is 0 Å². The van der Waals surface area contributed by atoms with Crippen LogP contribution in [-0.4, -0.2) is 11.0 Å². The Hall–Kier alpha value is -1.35. The van der Waals surface area contributed by atoms with E-state index in [1.807, 2.05) is 18.3 Å². The lowest BCUT2D eigenvalue weighted by molar-refractivity contribution is 0.749. The van der Waals surface area contributed by atoms with E-state index in [2.05, 4.69) is 57.0 Å². The van der Waals surface area contributed by atoms with Gasteiger partial charge in [-0.3, -0.25) is 0 Å². The molecule has 3 rings (SSSR count). The molecular formula is C14H13BrN2. The summed E-state index contributed by atoms with van der Waals surface area (Å²) in [4.78, 5) is 6.79. The Balaban J connectivity index is 2.13. The molecule has 0 N–H and O–H groups in total. The fraction of sp³-hybridized carbons (Fsp3) is 0.214. The Bertz CT molecular complexity index is 553. The maximum atomic E-state index is 4.49.